The Bertz CT molecular complexity index is 529. The van der Waals surface area contributed by atoms with Crippen LogP contribution in [-0.4, -0.2) is 14.5 Å². The van der Waals surface area contributed by atoms with E-state index in [1.807, 2.05) is 6.92 Å². The Morgan fingerprint density at radius 2 is 1.79 bits per heavy atom. The topological polar surface area (TPSA) is 46.2 Å². The van der Waals surface area contributed by atoms with Crippen molar-refractivity contribution in [2.24, 2.45) is 5.92 Å². The maximum Gasteiger partial charge on any atom is 0.241 e. The Balaban J connectivity index is 2.83. The number of nitrogens with one attached hydrogen (secondary N) is 1. The van der Waals surface area contributed by atoms with Crippen LogP contribution in [0.1, 0.15) is 33.6 Å². The van der Waals surface area contributed by atoms with Crippen LogP contribution in [0, 0.1) is 5.92 Å². The van der Waals surface area contributed by atoms with Gasteiger partial charge in [0.2, 0.25) is 10.0 Å². The van der Waals surface area contributed by atoms with Crippen molar-refractivity contribution in [1.82, 2.24) is 4.72 Å². The van der Waals surface area contributed by atoms with Gasteiger partial charge >= 0.3 is 0 Å². The van der Waals surface area contributed by atoms with E-state index in [4.69, 9.17) is 0 Å². The van der Waals surface area contributed by atoms with E-state index in [1.165, 1.54) is 0 Å². The standard InChI is InChI=1S/C13H19Br2NO2S/c1-9(2)4-5-10(3)16-19(17,18)13-8-11(14)6-7-12(13)15/h6-10,16H,4-5H2,1-3H3. The van der Waals surface area contributed by atoms with E-state index < -0.39 is 10.0 Å². The van der Waals surface area contributed by atoms with Crippen molar-refractivity contribution in [3.05, 3.63) is 27.1 Å². The van der Waals surface area contributed by atoms with Crippen molar-refractivity contribution < 1.29 is 8.42 Å². The zero-order valence-electron chi connectivity index (χ0n) is 11.3. The fourth-order valence-corrected chi connectivity index (χ4v) is 4.43. The molecule has 1 atom stereocenters. The quantitative estimate of drug-likeness (QED) is 0.756. The van der Waals surface area contributed by atoms with E-state index >= 15 is 0 Å². The molecule has 0 amide bonds. The second-order valence-electron chi connectivity index (χ2n) is 5.07. The maximum absolute atomic E-state index is 12.3. The lowest BCUT2D eigenvalue weighted by atomic mass is 10.1. The zero-order chi connectivity index (χ0) is 14.6. The zero-order valence-corrected chi connectivity index (χ0v) is 15.3. The molecule has 1 rings (SSSR count). The van der Waals surface area contributed by atoms with Crippen molar-refractivity contribution >= 4 is 41.9 Å². The lowest BCUT2D eigenvalue weighted by Gasteiger charge is -2.16. The second-order valence-corrected chi connectivity index (χ2v) is 8.52. The van der Waals surface area contributed by atoms with Crippen molar-refractivity contribution in [3.63, 3.8) is 0 Å². The van der Waals surface area contributed by atoms with Crippen LogP contribution in [-0.2, 0) is 10.0 Å². The predicted octanol–water partition coefficient (Wildman–Crippen LogP) is 4.31. The first kappa shape index (κ1) is 17.1. The minimum Gasteiger partial charge on any atom is -0.208 e. The molecule has 1 aromatic rings. The third-order valence-corrected chi connectivity index (χ3v) is 5.79. The number of halogens is 2. The molecule has 3 nitrogen and oxygen atoms in total. The molecule has 0 aliphatic heterocycles. The van der Waals surface area contributed by atoms with Gasteiger partial charge in [-0.1, -0.05) is 29.8 Å². The predicted molar refractivity (Wildman–Crippen MR) is 85.7 cm³/mol. The highest BCUT2D eigenvalue weighted by molar-refractivity contribution is 9.11. The summed E-state index contributed by atoms with van der Waals surface area (Å²) in [5.41, 5.74) is 0. The van der Waals surface area contributed by atoms with Gasteiger partial charge in [0, 0.05) is 15.0 Å². The number of benzene rings is 1. The van der Waals surface area contributed by atoms with E-state index in [9.17, 15) is 8.42 Å². The SMILES string of the molecule is CC(C)CCC(C)NS(=O)(=O)c1cc(Br)ccc1Br. The molecule has 0 saturated carbocycles. The minimum absolute atomic E-state index is 0.0710. The molecule has 0 aliphatic rings. The van der Waals surface area contributed by atoms with E-state index in [2.05, 4.69) is 50.4 Å². The summed E-state index contributed by atoms with van der Waals surface area (Å²) < 4.78 is 28.6. The van der Waals surface area contributed by atoms with Crippen LogP contribution in [0.15, 0.2) is 32.0 Å². The molecule has 0 spiro atoms. The van der Waals surface area contributed by atoms with Crippen LogP contribution < -0.4 is 4.72 Å². The molecule has 0 bridgehead atoms. The van der Waals surface area contributed by atoms with Crippen LogP contribution in [0.4, 0.5) is 0 Å². The molecule has 1 N–H and O–H groups in total. The summed E-state index contributed by atoms with van der Waals surface area (Å²) in [5, 5.41) is 0. The van der Waals surface area contributed by atoms with Gasteiger partial charge in [0.15, 0.2) is 0 Å². The number of hydrogen-bond donors (Lipinski definition) is 1. The summed E-state index contributed by atoms with van der Waals surface area (Å²) in [6.07, 6.45) is 1.84. The van der Waals surface area contributed by atoms with Crippen molar-refractivity contribution in [3.8, 4) is 0 Å². The molecule has 0 heterocycles. The number of hydrogen-bond acceptors (Lipinski definition) is 2. The number of rotatable bonds is 6. The monoisotopic (exact) mass is 411 g/mol. The summed E-state index contributed by atoms with van der Waals surface area (Å²) in [6, 6.07) is 5.04. The van der Waals surface area contributed by atoms with Gasteiger partial charge in [0.1, 0.15) is 0 Å². The highest BCUT2D eigenvalue weighted by atomic mass is 79.9. The molecule has 0 aliphatic carbocycles. The van der Waals surface area contributed by atoms with Crippen molar-refractivity contribution in [1.29, 1.82) is 0 Å². The summed E-state index contributed by atoms with van der Waals surface area (Å²) in [7, 11) is -3.49. The Morgan fingerprint density at radius 1 is 1.16 bits per heavy atom. The van der Waals surface area contributed by atoms with Crippen LogP contribution in [0.2, 0.25) is 0 Å². The van der Waals surface area contributed by atoms with E-state index in [0.717, 1.165) is 17.3 Å². The molecule has 108 valence electrons. The van der Waals surface area contributed by atoms with Gasteiger partial charge < -0.3 is 0 Å². The van der Waals surface area contributed by atoms with E-state index in [-0.39, 0.29) is 10.9 Å². The first-order valence-corrected chi connectivity index (χ1v) is 9.26. The Morgan fingerprint density at radius 3 is 2.37 bits per heavy atom. The van der Waals surface area contributed by atoms with Gasteiger partial charge in [-0.3, -0.25) is 0 Å². The second kappa shape index (κ2) is 7.20. The molecule has 0 fully saturated rings. The van der Waals surface area contributed by atoms with Crippen LogP contribution in [0.3, 0.4) is 0 Å². The fraction of sp³-hybridized carbons (Fsp3) is 0.538. The van der Waals surface area contributed by atoms with E-state index in [1.54, 1.807) is 18.2 Å². The van der Waals surface area contributed by atoms with Crippen LogP contribution >= 0.6 is 31.9 Å². The van der Waals surface area contributed by atoms with E-state index in [0.29, 0.717) is 10.4 Å². The average molecular weight is 413 g/mol. The smallest absolute Gasteiger partial charge is 0.208 e. The van der Waals surface area contributed by atoms with Crippen molar-refractivity contribution in [2.45, 2.75) is 44.6 Å². The lowest BCUT2D eigenvalue weighted by molar-refractivity contribution is 0.485. The van der Waals surface area contributed by atoms with Gasteiger partial charge in [0.25, 0.3) is 0 Å². The Hall–Kier alpha value is 0.0900. The normalized spacial score (nSPS) is 13.8. The summed E-state index contributed by atoms with van der Waals surface area (Å²) in [5.74, 6) is 0.574. The van der Waals surface area contributed by atoms with Gasteiger partial charge in [-0.05, 0) is 59.8 Å². The Labute approximate surface area is 132 Å². The fourth-order valence-electron chi connectivity index (χ4n) is 1.65. The average Bonchev–Trinajstić information content (AvgIpc) is 2.29. The Kier molecular flexibility index (Phi) is 6.50. The molecular weight excluding hydrogens is 394 g/mol. The lowest BCUT2D eigenvalue weighted by Crippen LogP contribution is -2.33. The molecule has 0 radical (unpaired) electrons. The van der Waals surface area contributed by atoms with Crippen molar-refractivity contribution in [2.75, 3.05) is 0 Å². The first-order valence-electron chi connectivity index (χ1n) is 6.19. The third-order valence-electron chi connectivity index (χ3n) is 2.72. The maximum atomic E-state index is 12.3. The molecule has 19 heavy (non-hydrogen) atoms. The van der Waals surface area contributed by atoms with Crippen LogP contribution in [0.5, 0.6) is 0 Å². The molecule has 0 saturated heterocycles. The highest BCUT2D eigenvalue weighted by Crippen LogP contribution is 2.26. The summed E-state index contributed by atoms with van der Waals surface area (Å²) >= 11 is 6.57. The third kappa shape index (κ3) is 5.53. The highest BCUT2D eigenvalue weighted by Gasteiger charge is 2.20. The summed E-state index contributed by atoms with van der Waals surface area (Å²) in [6.45, 7) is 6.16. The van der Waals surface area contributed by atoms with Crippen LogP contribution in [0.25, 0.3) is 0 Å². The minimum atomic E-state index is -3.49. The van der Waals surface area contributed by atoms with Gasteiger partial charge in [-0.15, -0.1) is 0 Å². The molecule has 6 heteroatoms. The largest absolute Gasteiger partial charge is 0.241 e. The van der Waals surface area contributed by atoms with Gasteiger partial charge in [-0.25, -0.2) is 13.1 Å². The molecule has 1 unspecified atom stereocenters. The molecular formula is C13H19Br2NO2S. The first-order chi connectivity index (χ1) is 8.72. The molecule has 1 aromatic carbocycles. The number of sulfonamides is 1. The molecule has 0 aromatic heterocycles. The van der Waals surface area contributed by atoms with Gasteiger partial charge in [-0.2, -0.15) is 0 Å². The van der Waals surface area contributed by atoms with Gasteiger partial charge in [0.05, 0.1) is 4.90 Å². The summed E-state index contributed by atoms with van der Waals surface area (Å²) in [4.78, 5) is 0.262.